The van der Waals surface area contributed by atoms with Crippen LogP contribution in [-0.4, -0.2) is 24.4 Å². The highest BCUT2D eigenvalue weighted by molar-refractivity contribution is 5.30. The molecule has 0 saturated heterocycles. The van der Waals surface area contributed by atoms with Crippen molar-refractivity contribution >= 4 is 0 Å². The number of aliphatic hydroxyl groups excluding tert-OH is 1. The van der Waals surface area contributed by atoms with Gasteiger partial charge in [-0.2, -0.15) is 0 Å². The Morgan fingerprint density at radius 2 is 1.94 bits per heavy atom. The molecule has 0 fully saturated rings. The summed E-state index contributed by atoms with van der Waals surface area (Å²) in [5.74, 6) is 0.130. The molecule has 1 rings (SSSR count). The Morgan fingerprint density at radius 3 is 2.41 bits per heavy atom. The summed E-state index contributed by atoms with van der Waals surface area (Å²) in [6.07, 6.45) is -0.948. The van der Waals surface area contributed by atoms with E-state index in [1.54, 1.807) is 33.0 Å². The fraction of sp³-hybridized carbons (Fsp3) is 0.538. The molecule has 3 nitrogen and oxygen atoms in total. The Bertz CT molecular complexity index is 368. The second kappa shape index (κ2) is 5.98. The lowest BCUT2D eigenvalue weighted by molar-refractivity contribution is 0.0602. The van der Waals surface area contributed by atoms with Gasteiger partial charge >= 0.3 is 0 Å². The van der Waals surface area contributed by atoms with E-state index in [2.05, 4.69) is 5.32 Å². The third-order valence-electron chi connectivity index (χ3n) is 2.87. The first-order valence-corrected chi connectivity index (χ1v) is 5.77. The summed E-state index contributed by atoms with van der Waals surface area (Å²) in [4.78, 5) is 0. The van der Waals surface area contributed by atoms with Gasteiger partial charge in [0.05, 0.1) is 6.10 Å². The van der Waals surface area contributed by atoms with Gasteiger partial charge in [0.25, 0.3) is 0 Å². The molecule has 0 bridgehead atoms. The fourth-order valence-electron chi connectivity index (χ4n) is 1.40. The monoisotopic (exact) mass is 241 g/mol. The number of hydrogen-bond donors (Lipinski definition) is 2. The Labute approximate surface area is 102 Å². The number of hydrogen-bond acceptors (Lipinski definition) is 3. The van der Waals surface area contributed by atoms with E-state index in [0.29, 0.717) is 11.3 Å². The van der Waals surface area contributed by atoms with Crippen molar-refractivity contribution in [2.75, 3.05) is 7.05 Å². The number of halogens is 1. The number of ether oxygens (including phenoxy) is 1. The normalized spacial score (nSPS) is 16.4. The largest absolute Gasteiger partial charge is 0.488 e. The molecule has 0 aliphatic carbocycles. The minimum Gasteiger partial charge on any atom is -0.488 e. The first kappa shape index (κ1) is 13.9. The zero-order valence-corrected chi connectivity index (χ0v) is 10.7. The number of nitrogens with one attached hydrogen (secondary N) is 1. The molecule has 0 aromatic heterocycles. The highest BCUT2D eigenvalue weighted by Gasteiger charge is 2.13. The molecule has 0 amide bonds. The average molecular weight is 241 g/mol. The Balaban J connectivity index is 2.82. The lowest BCUT2D eigenvalue weighted by Gasteiger charge is -2.18. The molecule has 3 unspecified atom stereocenters. The summed E-state index contributed by atoms with van der Waals surface area (Å²) in [6, 6.07) is 4.71. The van der Waals surface area contributed by atoms with Gasteiger partial charge < -0.3 is 15.2 Å². The maximum absolute atomic E-state index is 13.8. The van der Waals surface area contributed by atoms with Crippen molar-refractivity contribution < 1.29 is 14.2 Å². The summed E-state index contributed by atoms with van der Waals surface area (Å²) < 4.78 is 19.2. The van der Waals surface area contributed by atoms with Crippen LogP contribution < -0.4 is 10.1 Å². The van der Waals surface area contributed by atoms with Crippen LogP contribution in [0.15, 0.2) is 18.2 Å². The first-order valence-electron chi connectivity index (χ1n) is 5.77. The minimum absolute atomic E-state index is 0.0433. The van der Waals surface area contributed by atoms with E-state index in [-0.39, 0.29) is 18.0 Å². The average Bonchev–Trinajstić information content (AvgIpc) is 2.28. The number of rotatable bonds is 5. The molecule has 0 radical (unpaired) electrons. The van der Waals surface area contributed by atoms with Crippen LogP contribution in [-0.2, 0) is 0 Å². The van der Waals surface area contributed by atoms with Gasteiger partial charge in [0.1, 0.15) is 17.7 Å². The second-order valence-corrected chi connectivity index (χ2v) is 4.26. The van der Waals surface area contributed by atoms with Crippen molar-refractivity contribution in [3.63, 3.8) is 0 Å². The molecule has 0 spiro atoms. The molecule has 1 aromatic carbocycles. The van der Waals surface area contributed by atoms with Crippen molar-refractivity contribution in [3.05, 3.63) is 29.6 Å². The van der Waals surface area contributed by atoms with Crippen LogP contribution in [0.25, 0.3) is 0 Å². The van der Waals surface area contributed by atoms with Crippen LogP contribution in [0.2, 0.25) is 0 Å². The van der Waals surface area contributed by atoms with Crippen LogP contribution in [0.4, 0.5) is 4.39 Å². The minimum atomic E-state index is -0.589. The van der Waals surface area contributed by atoms with E-state index < -0.39 is 6.10 Å². The fourth-order valence-corrected chi connectivity index (χ4v) is 1.40. The van der Waals surface area contributed by atoms with Crippen molar-refractivity contribution in [1.82, 2.24) is 5.32 Å². The Kier molecular flexibility index (Phi) is 4.90. The van der Waals surface area contributed by atoms with E-state index in [0.717, 1.165) is 0 Å². The van der Waals surface area contributed by atoms with Crippen LogP contribution in [0, 0.1) is 5.82 Å². The van der Waals surface area contributed by atoms with Crippen LogP contribution in [0.1, 0.15) is 32.4 Å². The van der Waals surface area contributed by atoms with Gasteiger partial charge in [-0.15, -0.1) is 0 Å². The molecule has 0 saturated carbocycles. The smallest absolute Gasteiger partial charge is 0.131 e. The van der Waals surface area contributed by atoms with Gasteiger partial charge in [0.2, 0.25) is 0 Å². The summed E-state index contributed by atoms with van der Waals surface area (Å²) in [5.41, 5.74) is 0.601. The Morgan fingerprint density at radius 1 is 1.29 bits per heavy atom. The Hall–Kier alpha value is -1.13. The zero-order chi connectivity index (χ0) is 13.0. The molecule has 17 heavy (non-hydrogen) atoms. The lowest BCUT2D eigenvalue weighted by Crippen LogP contribution is -2.25. The molecule has 0 heterocycles. The third-order valence-corrected chi connectivity index (χ3v) is 2.87. The van der Waals surface area contributed by atoms with Gasteiger partial charge in [-0.1, -0.05) is 6.07 Å². The van der Waals surface area contributed by atoms with Crippen LogP contribution in [0.3, 0.4) is 0 Å². The predicted octanol–water partition coefficient (Wildman–Crippen LogP) is 2.25. The molecule has 96 valence electrons. The molecule has 2 N–H and O–H groups in total. The highest BCUT2D eigenvalue weighted by atomic mass is 19.1. The first-order chi connectivity index (χ1) is 7.95. The van der Waals surface area contributed by atoms with E-state index in [1.807, 2.05) is 6.92 Å². The topological polar surface area (TPSA) is 41.5 Å². The van der Waals surface area contributed by atoms with Gasteiger partial charge in [-0.25, -0.2) is 4.39 Å². The third kappa shape index (κ3) is 3.68. The van der Waals surface area contributed by atoms with Crippen molar-refractivity contribution in [2.24, 2.45) is 0 Å². The van der Waals surface area contributed by atoms with E-state index in [1.165, 1.54) is 6.07 Å². The molecule has 0 aliphatic heterocycles. The van der Waals surface area contributed by atoms with Gasteiger partial charge in [-0.05, 0) is 33.9 Å². The van der Waals surface area contributed by atoms with Crippen molar-refractivity contribution in [2.45, 2.75) is 39.0 Å². The van der Waals surface area contributed by atoms with Crippen LogP contribution >= 0.6 is 0 Å². The molecule has 0 aliphatic rings. The van der Waals surface area contributed by atoms with Crippen LogP contribution in [0.5, 0.6) is 5.75 Å². The van der Waals surface area contributed by atoms with E-state index in [4.69, 9.17) is 4.74 Å². The molecule has 4 heteroatoms. The lowest BCUT2D eigenvalue weighted by atomic mass is 10.1. The number of benzene rings is 1. The van der Waals surface area contributed by atoms with Crippen molar-refractivity contribution in [3.8, 4) is 5.75 Å². The van der Waals surface area contributed by atoms with E-state index in [9.17, 15) is 9.50 Å². The number of aliphatic hydroxyl groups is 1. The molecule has 1 aromatic rings. The predicted molar refractivity (Wildman–Crippen MR) is 65.6 cm³/mol. The van der Waals surface area contributed by atoms with E-state index >= 15 is 0 Å². The molecule has 3 atom stereocenters. The molecular weight excluding hydrogens is 221 g/mol. The second-order valence-electron chi connectivity index (χ2n) is 4.26. The summed E-state index contributed by atoms with van der Waals surface area (Å²) in [5, 5.41) is 12.3. The highest BCUT2D eigenvalue weighted by Crippen LogP contribution is 2.22. The zero-order valence-electron chi connectivity index (χ0n) is 10.7. The maximum atomic E-state index is 13.8. The summed E-state index contributed by atoms with van der Waals surface area (Å²) in [6.45, 7) is 5.27. The van der Waals surface area contributed by atoms with Crippen molar-refractivity contribution in [1.29, 1.82) is 0 Å². The van der Waals surface area contributed by atoms with Gasteiger partial charge in [0.15, 0.2) is 0 Å². The summed E-state index contributed by atoms with van der Waals surface area (Å²) in [7, 11) is 1.78. The standard InChI is InChI=1S/C13H20FNO2/c1-8(15-4)12-6-5-11(7-13(12)14)17-10(3)9(2)16/h5-10,15-16H,1-4H3. The van der Waals surface area contributed by atoms with Gasteiger partial charge in [-0.3, -0.25) is 0 Å². The summed E-state index contributed by atoms with van der Waals surface area (Å²) >= 11 is 0. The maximum Gasteiger partial charge on any atom is 0.131 e. The molecular formula is C13H20FNO2. The SMILES string of the molecule is CNC(C)c1ccc(OC(C)C(C)O)cc1F. The quantitative estimate of drug-likeness (QED) is 0.830. The van der Waals surface area contributed by atoms with Gasteiger partial charge in [0, 0.05) is 17.7 Å².